The molecule has 0 radical (unpaired) electrons. The number of hydrogen-bond donors (Lipinski definition) is 4. The lowest BCUT2D eigenvalue weighted by Gasteiger charge is -2.09. The number of nitrogens with zero attached hydrogens (tertiary/aromatic N) is 1. The number of amides is 1. The van der Waals surface area contributed by atoms with Crippen LogP contribution in [0, 0.1) is 11.3 Å². The van der Waals surface area contributed by atoms with Gasteiger partial charge in [-0.25, -0.2) is 0 Å². The third-order valence-corrected chi connectivity index (χ3v) is 3.95. The zero-order chi connectivity index (χ0) is 18.5. The van der Waals surface area contributed by atoms with Gasteiger partial charge in [-0.15, -0.1) is 0 Å². The number of nitrogens with two attached hydrogens (primary N) is 2. The predicted octanol–water partition coefficient (Wildman–Crippen LogP) is 2.25. The molecule has 1 unspecified atom stereocenters. The number of hydrogen-bond acceptors (Lipinski definition) is 6. The lowest BCUT2D eigenvalue weighted by molar-refractivity contribution is -0.114. The van der Waals surface area contributed by atoms with E-state index in [1.54, 1.807) is 24.3 Å². The molecule has 0 saturated heterocycles. The number of nitrogens with one attached hydrogen (secondary N) is 2. The summed E-state index contributed by atoms with van der Waals surface area (Å²) in [6.07, 6.45) is 1.81. The van der Waals surface area contributed by atoms with E-state index in [1.165, 1.54) is 0 Å². The third kappa shape index (κ3) is 3.67. The van der Waals surface area contributed by atoms with E-state index in [0.29, 0.717) is 23.7 Å². The van der Waals surface area contributed by atoms with Crippen molar-refractivity contribution in [1.82, 2.24) is 0 Å². The highest BCUT2D eigenvalue weighted by Crippen LogP contribution is 2.40. The number of rotatable bonds is 5. The molecule has 132 valence electrons. The van der Waals surface area contributed by atoms with Gasteiger partial charge in [-0.05, 0) is 48.5 Å². The van der Waals surface area contributed by atoms with E-state index in [4.69, 9.17) is 16.2 Å². The Morgan fingerprint density at radius 1 is 1.23 bits per heavy atom. The van der Waals surface area contributed by atoms with Crippen LogP contribution in [-0.4, -0.2) is 19.0 Å². The van der Waals surface area contributed by atoms with Gasteiger partial charge in [0, 0.05) is 29.2 Å². The fourth-order valence-electron chi connectivity index (χ4n) is 2.74. The second-order valence-electron chi connectivity index (χ2n) is 5.71. The van der Waals surface area contributed by atoms with Crippen molar-refractivity contribution in [3.05, 3.63) is 59.8 Å². The highest BCUT2D eigenvalue weighted by molar-refractivity contribution is 5.92. The summed E-state index contributed by atoms with van der Waals surface area (Å²) < 4.78 is 5.86. The summed E-state index contributed by atoms with van der Waals surface area (Å²) in [6.45, 7) is 0.299. The largest absolute Gasteiger partial charge is 0.457 e. The number of nitriles is 1. The molecule has 1 aliphatic heterocycles. The third-order valence-electron chi connectivity index (χ3n) is 3.95. The molecule has 2 aromatic rings. The molecule has 26 heavy (non-hydrogen) atoms. The van der Waals surface area contributed by atoms with Crippen LogP contribution in [0.25, 0.3) is 0 Å². The van der Waals surface area contributed by atoms with Crippen LogP contribution in [0.4, 0.5) is 11.4 Å². The monoisotopic (exact) mass is 349 g/mol. The first kappa shape index (κ1) is 17.5. The number of fused-ring (bicyclic) bond motifs is 1. The van der Waals surface area contributed by atoms with Crippen molar-refractivity contribution in [2.75, 3.05) is 23.7 Å². The minimum Gasteiger partial charge on any atom is -0.457 e. The fourth-order valence-corrected chi connectivity index (χ4v) is 2.74. The maximum absolute atomic E-state index is 11.3. The number of carbonyl (C=O) groups excluding carboxylic acids is 1. The van der Waals surface area contributed by atoms with Crippen LogP contribution in [0.5, 0.6) is 11.5 Å². The lowest BCUT2D eigenvalue weighted by Crippen LogP contribution is -2.21. The van der Waals surface area contributed by atoms with Crippen molar-refractivity contribution in [2.24, 2.45) is 11.5 Å². The van der Waals surface area contributed by atoms with Crippen molar-refractivity contribution in [3.8, 4) is 17.6 Å². The number of carbonyl (C=O) groups is 1. The SMILES string of the molecule is N#CC1C(=CCN)Nc2ccc(Oc3ccc(NC(=O)CN)cc3)cc21. The maximum atomic E-state index is 11.3. The Hall–Kier alpha value is -3.34. The normalized spacial score (nSPS) is 16.5. The van der Waals surface area contributed by atoms with Gasteiger partial charge in [-0.3, -0.25) is 4.79 Å². The number of anilines is 2. The molecule has 7 heteroatoms. The van der Waals surface area contributed by atoms with Gasteiger partial charge in [-0.2, -0.15) is 5.26 Å². The molecule has 0 spiro atoms. The molecular formula is C19H19N5O2. The van der Waals surface area contributed by atoms with Crippen LogP contribution in [0.3, 0.4) is 0 Å². The molecule has 6 N–H and O–H groups in total. The predicted molar refractivity (Wildman–Crippen MR) is 99.8 cm³/mol. The molecule has 0 aliphatic carbocycles. The van der Waals surface area contributed by atoms with Crippen LogP contribution in [0.2, 0.25) is 0 Å². The van der Waals surface area contributed by atoms with Crippen LogP contribution >= 0.6 is 0 Å². The van der Waals surface area contributed by atoms with Crippen LogP contribution in [-0.2, 0) is 4.79 Å². The quantitative estimate of drug-likeness (QED) is 0.656. The van der Waals surface area contributed by atoms with E-state index in [-0.39, 0.29) is 18.4 Å². The molecule has 3 rings (SSSR count). The van der Waals surface area contributed by atoms with Crippen molar-refractivity contribution >= 4 is 17.3 Å². The topological polar surface area (TPSA) is 126 Å². The van der Waals surface area contributed by atoms with Crippen molar-refractivity contribution in [2.45, 2.75) is 5.92 Å². The van der Waals surface area contributed by atoms with E-state index in [0.717, 1.165) is 16.9 Å². The first-order valence-electron chi connectivity index (χ1n) is 8.13. The summed E-state index contributed by atoms with van der Waals surface area (Å²) in [4.78, 5) is 11.3. The van der Waals surface area contributed by atoms with E-state index >= 15 is 0 Å². The first-order chi connectivity index (χ1) is 12.6. The van der Waals surface area contributed by atoms with Gasteiger partial charge in [0.05, 0.1) is 12.6 Å². The fraction of sp³-hybridized carbons (Fsp3) is 0.158. The van der Waals surface area contributed by atoms with Gasteiger partial charge in [0.2, 0.25) is 5.91 Å². The molecule has 7 nitrogen and oxygen atoms in total. The Morgan fingerprint density at radius 2 is 1.96 bits per heavy atom. The standard InChI is InChI=1S/C19H19N5O2/c20-8-7-18-16(10-21)15-9-14(5-6-17(15)24-18)26-13-3-1-12(2-4-13)23-19(25)11-22/h1-7,9,16,24H,8,11,20,22H2,(H,23,25). The van der Waals surface area contributed by atoms with Crippen LogP contribution in [0.1, 0.15) is 11.5 Å². The number of ether oxygens (including phenoxy) is 1. The molecule has 1 aliphatic rings. The summed E-state index contributed by atoms with van der Waals surface area (Å²) in [5, 5.41) is 15.3. The molecule has 1 atom stereocenters. The van der Waals surface area contributed by atoms with E-state index in [2.05, 4.69) is 16.7 Å². The highest BCUT2D eigenvalue weighted by Gasteiger charge is 2.27. The average molecular weight is 349 g/mol. The zero-order valence-electron chi connectivity index (χ0n) is 14.0. The van der Waals surface area contributed by atoms with Gasteiger partial charge in [0.1, 0.15) is 17.4 Å². The molecule has 0 saturated carbocycles. The minimum absolute atomic E-state index is 0.0674. The Balaban J connectivity index is 1.76. The molecule has 2 aromatic carbocycles. The van der Waals surface area contributed by atoms with Gasteiger partial charge < -0.3 is 26.8 Å². The summed E-state index contributed by atoms with van der Waals surface area (Å²) in [5.41, 5.74) is 14.0. The smallest absolute Gasteiger partial charge is 0.238 e. The Kier molecular flexibility index (Phi) is 5.17. The van der Waals surface area contributed by atoms with Gasteiger partial charge in [0.25, 0.3) is 0 Å². The molecule has 0 bridgehead atoms. The van der Waals surface area contributed by atoms with E-state index in [9.17, 15) is 10.1 Å². The molecular weight excluding hydrogens is 330 g/mol. The Bertz CT molecular complexity index is 884. The van der Waals surface area contributed by atoms with Crippen LogP contribution < -0.4 is 26.8 Å². The highest BCUT2D eigenvalue weighted by atomic mass is 16.5. The summed E-state index contributed by atoms with van der Waals surface area (Å²) in [7, 11) is 0. The first-order valence-corrected chi connectivity index (χ1v) is 8.13. The summed E-state index contributed by atoms with van der Waals surface area (Å²) >= 11 is 0. The van der Waals surface area contributed by atoms with E-state index in [1.807, 2.05) is 24.3 Å². The molecule has 1 heterocycles. The van der Waals surface area contributed by atoms with Crippen molar-refractivity contribution < 1.29 is 9.53 Å². The maximum Gasteiger partial charge on any atom is 0.238 e. The average Bonchev–Trinajstić information content (AvgIpc) is 3.00. The Morgan fingerprint density at radius 3 is 2.62 bits per heavy atom. The molecule has 0 fully saturated rings. The minimum atomic E-state index is -0.383. The number of allylic oxidation sites excluding steroid dienone is 1. The molecule has 0 aromatic heterocycles. The summed E-state index contributed by atoms with van der Waals surface area (Å²) in [6, 6.07) is 14.8. The number of benzene rings is 2. The zero-order valence-corrected chi connectivity index (χ0v) is 14.0. The second-order valence-corrected chi connectivity index (χ2v) is 5.71. The van der Waals surface area contributed by atoms with Gasteiger partial charge >= 0.3 is 0 Å². The lowest BCUT2D eigenvalue weighted by atomic mass is 10.00. The summed E-state index contributed by atoms with van der Waals surface area (Å²) in [5.74, 6) is 0.603. The molecule has 1 amide bonds. The van der Waals surface area contributed by atoms with Crippen molar-refractivity contribution in [3.63, 3.8) is 0 Å². The van der Waals surface area contributed by atoms with Crippen LogP contribution in [0.15, 0.2) is 54.2 Å². The second kappa shape index (κ2) is 7.70. The van der Waals surface area contributed by atoms with E-state index < -0.39 is 0 Å². The van der Waals surface area contributed by atoms with Crippen molar-refractivity contribution in [1.29, 1.82) is 5.26 Å². The van der Waals surface area contributed by atoms with Gasteiger partial charge in [-0.1, -0.05) is 0 Å². The Labute approximate surface area is 151 Å². The van der Waals surface area contributed by atoms with Gasteiger partial charge in [0.15, 0.2) is 0 Å².